The van der Waals surface area contributed by atoms with Crippen molar-refractivity contribution in [1.82, 2.24) is 5.32 Å². The molecule has 0 heterocycles. The Balaban J connectivity index is 2.61. The van der Waals surface area contributed by atoms with E-state index >= 15 is 0 Å². The van der Waals surface area contributed by atoms with Crippen LogP contribution in [0.5, 0.6) is 0 Å². The van der Waals surface area contributed by atoms with E-state index in [1.54, 1.807) is 19.1 Å². The van der Waals surface area contributed by atoms with Gasteiger partial charge in [0.2, 0.25) is 0 Å². The number of rotatable bonds is 6. The highest BCUT2D eigenvalue weighted by Gasteiger charge is 2.19. The number of benzene rings is 1. The van der Waals surface area contributed by atoms with Crippen molar-refractivity contribution in [2.75, 3.05) is 13.2 Å². The first kappa shape index (κ1) is 15.1. The molecule has 0 aromatic heterocycles. The molecule has 0 aliphatic carbocycles. The Bertz CT molecular complexity index is 393. The summed E-state index contributed by atoms with van der Waals surface area (Å²) in [5.41, 5.74) is 1.28. The average molecular weight is 255 g/mol. The van der Waals surface area contributed by atoms with Gasteiger partial charge in [0.15, 0.2) is 0 Å². The van der Waals surface area contributed by atoms with Gasteiger partial charge in [-0.25, -0.2) is 4.39 Å². The second kappa shape index (κ2) is 6.27. The van der Waals surface area contributed by atoms with Crippen molar-refractivity contribution in [2.45, 2.75) is 38.8 Å². The Morgan fingerprint density at radius 1 is 1.39 bits per heavy atom. The lowest BCUT2D eigenvalue weighted by Crippen LogP contribution is -2.45. The quantitative estimate of drug-likeness (QED) is 0.720. The molecule has 1 aromatic rings. The van der Waals surface area contributed by atoms with E-state index in [2.05, 4.69) is 5.32 Å². The summed E-state index contributed by atoms with van der Waals surface area (Å²) in [6.07, 6.45) is -0.110. The molecule has 0 saturated heterocycles. The first-order valence-corrected chi connectivity index (χ1v) is 6.13. The minimum atomic E-state index is -0.765. The average Bonchev–Trinajstić information content (AvgIpc) is 2.30. The number of nitrogens with one attached hydrogen (secondary N) is 1. The fourth-order valence-electron chi connectivity index (χ4n) is 1.78. The Labute approximate surface area is 108 Å². The first-order valence-electron chi connectivity index (χ1n) is 6.13. The van der Waals surface area contributed by atoms with Gasteiger partial charge < -0.3 is 15.5 Å². The highest BCUT2D eigenvalue weighted by molar-refractivity contribution is 5.24. The van der Waals surface area contributed by atoms with Gasteiger partial charge in [-0.2, -0.15) is 0 Å². The van der Waals surface area contributed by atoms with Crippen LogP contribution in [0.4, 0.5) is 4.39 Å². The van der Waals surface area contributed by atoms with E-state index < -0.39 is 6.10 Å². The topological polar surface area (TPSA) is 52.5 Å². The first-order chi connectivity index (χ1) is 8.34. The molecule has 0 radical (unpaired) electrons. The zero-order valence-corrected chi connectivity index (χ0v) is 11.2. The molecule has 0 bridgehead atoms. The number of aliphatic hydroxyl groups excluding tert-OH is 2. The van der Waals surface area contributed by atoms with Crippen LogP contribution in [0.1, 0.15) is 25.0 Å². The molecule has 1 rings (SSSR count). The van der Waals surface area contributed by atoms with E-state index in [0.29, 0.717) is 18.5 Å². The lowest BCUT2D eigenvalue weighted by atomic mass is 9.94. The minimum absolute atomic E-state index is 0.196. The van der Waals surface area contributed by atoms with Crippen molar-refractivity contribution in [1.29, 1.82) is 0 Å². The van der Waals surface area contributed by atoms with Crippen LogP contribution in [0.3, 0.4) is 0 Å². The Kier molecular flexibility index (Phi) is 5.26. The minimum Gasteiger partial charge on any atom is -0.394 e. The summed E-state index contributed by atoms with van der Waals surface area (Å²) in [6, 6.07) is 5.22. The van der Waals surface area contributed by atoms with Gasteiger partial charge in [0.05, 0.1) is 12.7 Å². The van der Waals surface area contributed by atoms with Gasteiger partial charge in [0.25, 0.3) is 0 Å². The second-order valence-electron chi connectivity index (χ2n) is 5.36. The Morgan fingerprint density at radius 2 is 2.06 bits per heavy atom. The molecule has 0 fully saturated rings. The molecular formula is C14H22FNO2. The molecule has 0 aliphatic heterocycles. The molecule has 0 amide bonds. The summed E-state index contributed by atoms with van der Waals surface area (Å²) in [5, 5.41) is 21.2. The van der Waals surface area contributed by atoms with E-state index in [1.807, 2.05) is 19.9 Å². The van der Waals surface area contributed by atoms with Crippen LogP contribution in [0.25, 0.3) is 0 Å². The standard InChI is InChI=1S/C14H22FNO2/c1-10-4-5-11(6-13(10)15)7-14(2,3)16-8-12(18)9-17/h4-6,12,16-18H,7-9H2,1-3H3/t12-/m1/s1. The second-order valence-corrected chi connectivity index (χ2v) is 5.36. The molecule has 1 aromatic carbocycles. The monoisotopic (exact) mass is 255 g/mol. The number of halogens is 1. The molecule has 3 nitrogen and oxygen atoms in total. The van der Waals surface area contributed by atoms with Gasteiger partial charge in [0, 0.05) is 12.1 Å². The number of hydrogen-bond acceptors (Lipinski definition) is 3. The van der Waals surface area contributed by atoms with Crippen LogP contribution in [0, 0.1) is 12.7 Å². The number of β-amino-alcohol motifs (C(OH)–C–C–N with tert-alkyl or cyclic N) is 1. The molecule has 0 aliphatic rings. The number of aliphatic hydroxyl groups is 2. The largest absolute Gasteiger partial charge is 0.394 e. The summed E-state index contributed by atoms with van der Waals surface area (Å²) in [5.74, 6) is -0.196. The van der Waals surface area contributed by atoms with Crippen LogP contribution in [-0.2, 0) is 6.42 Å². The van der Waals surface area contributed by atoms with Crippen molar-refractivity contribution < 1.29 is 14.6 Å². The predicted molar refractivity (Wildman–Crippen MR) is 70.0 cm³/mol. The highest BCUT2D eigenvalue weighted by Crippen LogP contribution is 2.16. The third-order valence-corrected chi connectivity index (χ3v) is 2.91. The molecule has 0 saturated carbocycles. The maximum atomic E-state index is 13.4. The van der Waals surface area contributed by atoms with Crippen molar-refractivity contribution in [2.24, 2.45) is 0 Å². The van der Waals surface area contributed by atoms with Crippen molar-refractivity contribution in [3.8, 4) is 0 Å². The van der Waals surface area contributed by atoms with E-state index in [0.717, 1.165) is 5.56 Å². The van der Waals surface area contributed by atoms with Gasteiger partial charge in [-0.15, -0.1) is 0 Å². The normalized spacial score (nSPS) is 13.7. The number of aryl methyl sites for hydroxylation is 1. The van der Waals surface area contributed by atoms with Crippen LogP contribution >= 0.6 is 0 Å². The van der Waals surface area contributed by atoms with E-state index in [4.69, 9.17) is 5.11 Å². The van der Waals surface area contributed by atoms with E-state index in [9.17, 15) is 9.50 Å². The summed E-state index contributed by atoms with van der Waals surface area (Å²) in [6.45, 7) is 5.75. The molecular weight excluding hydrogens is 233 g/mol. The van der Waals surface area contributed by atoms with Crippen LogP contribution in [0.15, 0.2) is 18.2 Å². The maximum Gasteiger partial charge on any atom is 0.126 e. The van der Waals surface area contributed by atoms with Gasteiger partial charge in [-0.1, -0.05) is 12.1 Å². The fraction of sp³-hybridized carbons (Fsp3) is 0.571. The summed E-state index contributed by atoms with van der Waals surface area (Å²) in [4.78, 5) is 0. The van der Waals surface area contributed by atoms with Crippen LogP contribution < -0.4 is 5.32 Å². The summed E-state index contributed by atoms with van der Waals surface area (Å²) in [7, 11) is 0. The summed E-state index contributed by atoms with van der Waals surface area (Å²) >= 11 is 0. The Hall–Kier alpha value is -0.970. The van der Waals surface area contributed by atoms with E-state index in [1.165, 1.54) is 0 Å². The number of hydrogen-bond donors (Lipinski definition) is 3. The Morgan fingerprint density at radius 3 is 2.61 bits per heavy atom. The van der Waals surface area contributed by atoms with Crippen molar-refractivity contribution in [3.05, 3.63) is 35.1 Å². The molecule has 0 unspecified atom stereocenters. The zero-order valence-electron chi connectivity index (χ0n) is 11.2. The van der Waals surface area contributed by atoms with Gasteiger partial charge in [-0.3, -0.25) is 0 Å². The predicted octanol–water partition coefficient (Wildman–Crippen LogP) is 1.40. The lowest BCUT2D eigenvalue weighted by Gasteiger charge is -2.27. The van der Waals surface area contributed by atoms with Crippen molar-refractivity contribution in [3.63, 3.8) is 0 Å². The lowest BCUT2D eigenvalue weighted by molar-refractivity contribution is 0.0877. The van der Waals surface area contributed by atoms with E-state index in [-0.39, 0.29) is 18.0 Å². The fourth-order valence-corrected chi connectivity index (χ4v) is 1.78. The molecule has 4 heteroatoms. The molecule has 18 heavy (non-hydrogen) atoms. The third kappa shape index (κ3) is 4.72. The highest BCUT2D eigenvalue weighted by atomic mass is 19.1. The van der Waals surface area contributed by atoms with Gasteiger partial charge in [0.1, 0.15) is 5.82 Å². The van der Waals surface area contributed by atoms with Crippen LogP contribution in [0.2, 0.25) is 0 Å². The molecule has 0 spiro atoms. The smallest absolute Gasteiger partial charge is 0.126 e. The van der Waals surface area contributed by atoms with Crippen LogP contribution in [-0.4, -0.2) is 35.0 Å². The molecule has 102 valence electrons. The van der Waals surface area contributed by atoms with Crippen molar-refractivity contribution >= 4 is 0 Å². The third-order valence-electron chi connectivity index (χ3n) is 2.91. The zero-order chi connectivity index (χ0) is 13.8. The molecule has 1 atom stereocenters. The SMILES string of the molecule is Cc1ccc(CC(C)(C)NC[C@@H](O)CO)cc1F. The maximum absolute atomic E-state index is 13.4. The molecule has 3 N–H and O–H groups in total. The summed E-state index contributed by atoms with van der Waals surface area (Å²) < 4.78 is 13.4. The van der Waals surface area contributed by atoms with Gasteiger partial charge >= 0.3 is 0 Å². The van der Waals surface area contributed by atoms with Gasteiger partial charge in [-0.05, 0) is 44.4 Å².